The fourth-order valence-corrected chi connectivity index (χ4v) is 4.00. The molecule has 0 radical (unpaired) electrons. The molecule has 0 saturated heterocycles. The fourth-order valence-electron chi connectivity index (χ4n) is 4.00. The molecule has 1 atom stereocenters. The minimum atomic E-state index is -0.517. The van der Waals surface area contributed by atoms with E-state index in [0.717, 1.165) is 36.8 Å². The number of carbonyl (C=O) groups excluding carboxylic acids is 2. The molecule has 3 rings (SSSR count). The largest absolute Gasteiger partial charge is 0.484 e. The summed E-state index contributed by atoms with van der Waals surface area (Å²) in [6, 6.07) is 17.0. The highest BCUT2D eigenvalue weighted by Crippen LogP contribution is 2.20. The Labute approximate surface area is 179 Å². The molecule has 1 unspecified atom stereocenters. The van der Waals surface area contributed by atoms with Crippen LogP contribution in [0.2, 0.25) is 0 Å². The zero-order chi connectivity index (χ0) is 21.3. The second-order valence-electron chi connectivity index (χ2n) is 7.96. The van der Waals surface area contributed by atoms with E-state index in [9.17, 15) is 9.59 Å². The van der Waals surface area contributed by atoms with Gasteiger partial charge in [-0.3, -0.25) is 9.59 Å². The van der Waals surface area contributed by atoms with Gasteiger partial charge in [0.2, 0.25) is 5.91 Å². The highest BCUT2D eigenvalue weighted by Gasteiger charge is 2.31. The predicted octanol–water partition coefficient (Wildman–Crippen LogP) is 4.24. The van der Waals surface area contributed by atoms with Crippen molar-refractivity contribution < 1.29 is 14.3 Å². The summed E-state index contributed by atoms with van der Waals surface area (Å²) >= 11 is 0. The van der Waals surface area contributed by atoms with Crippen molar-refractivity contribution in [3.63, 3.8) is 0 Å². The van der Waals surface area contributed by atoms with Crippen LogP contribution in [0, 0.1) is 6.92 Å². The third-order valence-electron chi connectivity index (χ3n) is 5.79. The fraction of sp³-hybridized carbons (Fsp3) is 0.440. The van der Waals surface area contributed by atoms with Crippen LogP contribution in [0.4, 0.5) is 0 Å². The second-order valence-corrected chi connectivity index (χ2v) is 7.96. The van der Waals surface area contributed by atoms with Crippen LogP contribution < -0.4 is 10.1 Å². The normalized spacial score (nSPS) is 14.9. The monoisotopic (exact) mass is 408 g/mol. The van der Waals surface area contributed by atoms with Gasteiger partial charge in [-0.15, -0.1) is 0 Å². The van der Waals surface area contributed by atoms with Crippen LogP contribution in [-0.4, -0.2) is 35.4 Å². The van der Waals surface area contributed by atoms with Crippen molar-refractivity contribution in [1.82, 2.24) is 10.2 Å². The average Bonchev–Trinajstić information content (AvgIpc) is 3.27. The summed E-state index contributed by atoms with van der Waals surface area (Å²) in [5, 5.41) is 3.17. The van der Waals surface area contributed by atoms with E-state index < -0.39 is 6.04 Å². The molecule has 2 amide bonds. The lowest BCUT2D eigenvalue weighted by atomic mass is 10.1. The van der Waals surface area contributed by atoms with Crippen molar-refractivity contribution in [3.05, 3.63) is 65.7 Å². The van der Waals surface area contributed by atoms with Gasteiger partial charge < -0.3 is 15.0 Å². The predicted molar refractivity (Wildman–Crippen MR) is 118 cm³/mol. The quantitative estimate of drug-likeness (QED) is 0.675. The molecule has 30 heavy (non-hydrogen) atoms. The van der Waals surface area contributed by atoms with Crippen LogP contribution in [0.15, 0.2) is 54.6 Å². The maximum absolute atomic E-state index is 13.2. The summed E-state index contributed by atoms with van der Waals surface area (Å²) in [6.45, 7) is 4.27. The van der Waals surface area contributed by atoms with Crippen LogP contribution in [0.5, 0.6) is 5.75 Å². The molecule has 1 aliphatic carbocycles. The van der Waals surface area contributed by atoms with E-state index in [2.05, 4.69) is 5.32 Å². The Balaban J connectivity index is 1.76. The van der Waals surface area contributed by atoms with Crippen molar-refractivity contribution in [2.75, 3.05) is 6.61 Å². The minimum absolute atomic E-state index is 0.0638. The molecule has 5 nitrogen and oxygen atoms in total. The van der Waals surface area contributed by atoms with E-state index in [4.69, 9.17) is 4.74 Å². The molecule has 1 saturated carbocycles. The first kappa shape index (κ1) is 21.9. The topological polar surface area (TPSA) is 58.6 Å². The van der Waals surface area contributed by atoms with Crippen LogP contribution in [-0.2, 0) is 16.1 Å². The molecule has 0 bridgehead atoms. The molecule has 160 valence electrons. The molecular weight excluding hydrogens is 376 g/mol. The first-order chi connectivity index (χ1) is 14.6. The summed E-state index contributed by atoms with van der Waals surface area (Å²) in [5.74, 6) is 0.395. The van der Waals surface area contributed by atoms with Crippen molar-refractivity contribution in [3.8, 4) is 5.75 Å². The highest BCUT2D eigenvalue weighted by atomic mass is 16.5. The molecule has 2 aromatic rings. The van der Waals surface area contributed by atoms with Gasteiger partial charge in [0.05, 0.1) is 0 Å². The van der Waals surface area contributed by atoms with Gasteiger partial charge in [-0.25, -0.2) is 0 Å². The number of carbonyl (C=O) groups is 2. The smallest absolute Gasteiger partial charge is 0.261 e. The van der Waals surface area contributed by atoms with Crippen molar-refractivity contribution in [2.45, 2.75) is 64.6 Å². The maximum Gasteiger partial charge on any atom is 0.261 e. The lowest BCUT2D eigenvalue weighted by Gasteiger charge is -2.31. The molecule has 0 spiro atoms. The van der Waals surface area contributed by atoms with Gasteiger partial charge in [-0.05, 0) is 49.4 Å². The van der Waals surface area contributed by atoms with Crippen LogP contribution in [0.25, 0.3) is 0 Å². The van der Waals surface area contributed by atoms with Gasteiger partial charge in [0.25, 0.3) is 5.91 Å². The molecule has 1 fully saturated rings. The Bertz CT molecular complexity index is 831. The molecule has 5 heteroatoms. The van der Waals surface area contributed by atoms with E-state index in [0.29, 0.717) is 18.7 Å². The first-order valence-electron chi connectivity index (χ1n) is 10.9. The summed E-state index contributed by atoms with van der Waals surface area (Å²) in [5.41, 5.74) is 2.14. The Morgan fingerprint density at radius 1 is 1.07 bits per heavy atom. The molecule has 2 aromatic carbocycles. The Hall–Kier alpha value is -2.82. The molecular formula is C25H32N2O3. The lowest BCUT2D eigenvalue weighted by Crippen LogP contribution is -2.52. The summed E-state index contributed by atoms with van der Waals surface area (Å²) in [6.07, 6.45) is 4.90. The van der Waals surface area contributed by atoms with E-state index in [1.165, 1.54) is 0 Å². The van der Waals surface area contributed by atoms with Crippen LogP contribution in [0.1, 0.15) is 50.2 Å². The van der Waals surface area contributed by atoms with Crippen LogP contribution in [0.3, 0.4) is 0 Å². The molecule has 0 heterocycles. The Morgan fingerprint density at radius 3 is 2.40 bits per heavy atom. The maximum atomic E-state index is 13.2. The number of hydrogen-bond donors (Lipinski definition) is 1. The summed E-state index contributed by atoms with van der Waals surface area (Å²) in [7, 11) is 0. The number of nitrogens with one attached hydrogen (secondary N) is 1. The van der Waals surface area contributed by atoms with E-state index in [-0.39, 0.29) is 24.5 Å². The number of amides is 2. The van der Waals surface area contributed by atoms with Gasteiger partial charge in [0.15, 0.2) is 6.61 Å². The summed E-state index contributed by atoms with van der Waals surface area (Å²) < 4.78 is 5.70. The first-order valence-corrected chi connectivity index (χ1v) is 10.9. The zero-order valence-corrected chi connectivity index (χ0v) is 18.0. The lowest BCUT2D eigenvalue weighted by molar-refractivity contribution is -0.143. The number of ether oxygens (including phenoxy) is 1. The average molecular weight is 409 g/mol. The number of aryl methyl sites for hydroxylation is 1. The van der Waals surface area contributed by atoms with Gasteiger partial charge in [0.1, 0.15) is 11.8 Å². The third kappa shape index (κ3) is 5.85. The Kier molecular flexibility index (Phi) is 7.89. The summed E-state index contributed by atoms with van der Waals surface area (Å²) in [4.78, 5) is 28.0. The molecule has 1 aliphatic rings. The standard InChI is InChI=1S/C25H32N2O3/c1-3-23(25(29)26-21-13-9-10-14-21)27(17-20-12-8-7-11-19(20)2)24(28)18-30-22-15-5-4-6-16-22/h4-8,11-12,15-16,21,23H,3,9-10,13-14,17-18H2,1-2H3,(H,26,29). The molecule has 0 aliphatic heterocycles. The molecule has 1 N–H and O–H groups in total. The Morgan fingerprint density at radius 2 is 1.73 bits per heavy atom. The third-order valence-corrected chi connectivity index (χ3v) is 5.79. The van der Waals surface area contributed by atoms with Gasteiger partial charge in [0, 0.05) is 12.6 Å². The van der Waals surface area contributed by atoms with Gasteiger partial charge >= 0.3 is 0 Å². The van der Waals surface area contributed by atoms with Crippen LogP contribution >= 0.6 is 0 Å². The second kappa shape index (κ2) is 10.8. The number of rotatable bonds is 9. The SMILES string of the molecule is CCC(C(=O)NC1CCCC1)N(Cc1ccccc1C)C(=O)COc1ccccc1. The molecule has 0 aromatic heterocycles. The van der Waals surface area contributed by atoms with E-state index >= 15 is 0 Å². The van der Waals surface area contributed by atoms with Gasteiger partial charge in [-0.2, -0.15) is 0 Å². The van der Waals surface area contributed by atoms with E-state index in [1.807, 2.05) is 68.4 Å². The number of nitrogens with zero attached hydrogens (tertiary/aromatic N) is 1. The van der Waals surface area contributed by atoms with Crippen molar-refractivity contribution >= 4 is 11.8 Å². The van der Waals surface area contributed by atoms with Gasteiger partial charge in [-0.1, -0.05) is 62.2 Å². The number of para-hydroxylation sites is 1. The van der Waals surface area contributed by atoms with Crippen molar-refractivity contribution in [1.29, 1.82) is 0 Å². The minimum Gasteiger partial charge on any atom is -0.484 e. The zero-order valence-electron chi connectivity index (χ0n) is 18.0. The number of hydrogen-bond acceptors (Lipinski definition) is 3. The van der Waals surface area contributed by atoms with Crippen molar-refractivity contribution in [2.24, 2.45) is 0 Å². The number of benzene rings is 2. The highest BCUT2D eigenvalue weighted by molar-refractivity contribution is 5.88. The van der Waals surface area contributed by atoms with E-state index in [1.54, 1.807) is 4.90 Å².